The lowest BCUT2D eigenvalue weighted by Crippen LogP contribution is -1.99. The highest BCUT2D eigenvalue weighted by atomic mass is 35.5. The van der Waals surface area contributed by atoms with Crippen molar-refractivity contribution in [2.75, 3.05) is 5.32 Å². The first kappa shape index (κ1) is 12.4. The number of rotatable bonds is 4. The Balaban J connectivity index is 2.21. The van der Waals surface area contributed by atoms with E-state index in [0.29, 0.717) is 10.7 Å². The van der Waals surface area contributed by atoms with Crippen molar-refractivity contribution in [2.24, 2.45) is 0 Å². The first-order valence-electron chi connectivity index (χ1n) is 5.34. The number of hydrogen-bond donors (Lipinski definition) is 2. The van der Waals surface area contributed by atoms with Crippen LogP contribution in [0.3, 0.4) is 0 Å². The van der Waals surface area contributed by atoms with Gasteiger partial charge in [0.2, 0.25) is 0 Å². The van der Waals surface area contributed by atoms with Gasteiger partial charge in [-0.15, -0.1) is 0 Å². The average Bonchev–Trinajstić information content (AvgIpc) is 2.77. The molecule has 0 bridgehead atoms. The summed E-state index contributed by atoms with van der Waals surface area (Å²) in [6.45, 7) is 9.74. The van der Waals surface area contributed by atoms with E-state index in [0.717, 1.165) is 22.5 Å². The topological polar surface area (TPSA) is 53.6 Å². The summed E-state index contributed by atoms with van der Waals surface area (Å²) >= 11 is 5.89. The van der Waals surface area contributed by atoms with Crippen LogP contribution in [0.4, 0.5) is 5.69 Å². The van der Waals surface area contributed by atoms with Crippen LogP contribution in [-0.2, 0) is 0 Å². The molecule has 0 amide bonds. The van der Waals surface area contributed by atoms with Crippen molar-refractivity contribution in [1.82, 2.24) is 15.2 Å². The summed E-state index contributed by atoms with van der Waals surface area (Å²) in [7, 11) is 0. The molecule has 2 aromatic rings. The summed E-state index contributed by atoms with van der Waals surface area (Å²) in [6.07, 6.45) is 4.96. The smallest absolute Gasteiger partial charge is 0.0845 e. The van der Waals surface area contributed by atoms with E-state index < -0.39 is 0 Å². The Morgan fingerprint density at radius 3 is 2.78 bits per heavy atom. The molecular formula is C13H13ClN4. The van der Waals surface area contributed by atoms with Crippen LogP contribution in [0.2, 0.25) is 5.02 Å². The minimum Gasteiger partial charge on any atom is -0.352 e. The second kappa shape index (κ2) is 5.06. The molecule has 0 spiro atoms. The minimum atomic E-state index is 0.572. The van der Waals surface area contributed by atoms with Crippen LogP contribution >= 0.6 is 11.6 Å². The lowest BCUT2D eigenvalue weighted by molar-refractivity contribution is 1.07. The molecule has 2 rings (SSSR count). The van der Waals surface area contributed by atoms with Gasteiger partial charge in [-0.05, 0) is 18.6 Å². The molecule has 0 saturated heterocycles. The summed E-state index contributed by atoms with van der Waals surface area (Å²) in [5.74, 6) is 0. The third-order valence-electron chi connectivity index (χ3n) is 2.41. The van der Waals surface area contributed by atoms with Gasteiger partial charge >= 0.3 is 0 Å². The average molecular weight is 261 g/mol. The Labute approximate surface area is 110 Å². The zero-order chi connectivity index (χ0) is 13.1. The molecular weight excluding hydrogens is 248 g/mol. The number of nitrogens with one attached hydrogen (secondary N) is 2. The number of allylic oxidation sites excluding steroid dienone is 1. The molecule has 0 fully saturated rings. The third kappa shape index (κ3) is 2.60. The van der Waals surface area contributed by atoms with E-state index >= 15 is 0 Å². The van der Waals surface area contributed by atoms with Crippen molar-refractivity contribution in [2.45, 2.75) is 6.92 Å². The second-order valence-electron chi connectivity index (χ2n) is 3.93. The van der Waals surface area contributed by atoms with Crippen LogP contribution in [0.25, 0.3) is 11.3 Å². The van der Waals surface area contributed by atoms with Crippen LogP contribution in [0.15, 0.2) is 37.8 Å². The molecule has 2 N–H and O–H groups in total. The SMILES string of the molecule is C=C(Nc1cn[nH]c1C(=C)C)c1cncc(Cl)c1. The van der Waals surface area contributed by atoms with E-state index in [1.54, 1.807) is 24.7 Å². The van der Waals surface area contributed by atoms with Crippen molar-refractivity contribution < 1.29 is 0 Å². The molecule has 5 heteroatoms. The predicted molar refractivity (Wildman–Crippen MR) is 75.2 cm³/mol. The Morgan fingerprint density at radius 1 is 1.33 bits per heavy atom. The Morgan fingerprint density at radius 2 is 2.11 bits per heavy atom. The Hall–Kier alpha value is -2.07. The van der Waals surface area contributed by atoms with E-state index in [9.17, 15) is 0 Å². The number of pyridine rings is 1. The molecule has 0 aliphatic carbocycles. The zero-order valence-corrected chi connectivity index (χ0v) is 10.8. The van der Waals surface area contributed by atoms with Gasteiger partial charge in [0.15, 0.2) is 0 Å². The van der Waals surface area contributed by atoms with Crippen molar-refractivity contribution in [3.8, 4) is 0 Å². The molecule has 0 radical (unpaired) electrons. The van der Waals surface area contributed by atoms with E-state index in [1.165, 1.54) is 0 Å². The fourth-order valence-electron chi connectivity index (χ4n) is 1.52. The summed E-state index contributed by atoms with van der Waals surface area (Å²) < 4.78 is 0. The molecule has 2 aromatic heterocycles. The summed E-state index contributed by atoms with van der Waals surface area (Å²) in [5, 5.41) is 10.6. The lowest BCUT2D eigenvalue weighted by Gasteiger charge is -2.09. The van der Waals surface area contributed by atoms with Gasteiger partial charge < -0.3 is 5.32 Å². The van der Waals surface area contributed by atoms with Gasteiger partial charge in [0.25, 0.3) is 0 Å². The Bertz CT molecular complexity index is 601. The van der Waals surface area contributed by atoms with Crippen LogP contribution < -0.4 is 5.32 Å². The molecule has 0 aromatic carbocycles. The number of anilines is 1. The fourth-order valence-corrected chi connectivity index (χ4v) is 1.69. The van der Waals surface area contributed by atoms with E-state index in [2.05, 4.69) is 33.7 Å². The highest BCUT2D eigenvalue weighted by Gasteiger charge is 2.07. The second-order valence-corrected chi connectivity index (χ2v) is 4.37. The van der Waals surface area contributed by atoms with Gasteiger partial charge in [0, 0.05) is 23.7 Å². The number of nitrogens with zero attached hydrogens (tertiary/aromatic N) is 2. The van der Waals surface area contributed by atoms with Crippen molar-refractivity contribution in [3.05, 3.63) is 54.1 Å². The van der Waals surface area contributed by atoms with E-state index in [1.807, 2.05) is 6.92 Å². The van der Waals surface area contributed by atoms with Gasteiger partial charge in [-0.1, -0.05) is 24.8 Å². The van der Waals surface area contributed by atoms with E-state index in [-0.39, 0.29) is 0 Å². The molecule has 18 heavy (non-hydrogen) atoms. The number of hydrogen-bond acceptors (Lipinski definition) is 3. The molecule has 2 heterocycles. The lowest BCUT2D eigenvalue weighted by atomic mass is 10.2. The van der Waals surface area contributed by atoms with Gasteiger partial charge in [-0.2, -0.15) is 5.10 Å². The molecule has 0 unspecified atom stereocenters. The molecule has 0 aliphatic rings. The first-order valence-corrected chi connectivity index (χ1v) is 5.72. The largest absolute Gasteiger partial charge is 0.352 e. The van der Waals surface area contributed by atoms with Gasteiger partial charge in [0.05, 0.1) is 22.6 Å². The normalized spacial score (nSPS) is 10.1. The quantitative estimate of drug-likeness (QED) is 0.884. The standard InChI is InChI=1S/C13H13ClN4/c1-8(2)13-12(7-16-18-13)17-9(3)10-4-11(14)6-15-5-10/h4-7,17H,1,3H2,2H3,(H,16,18). The third-order valence-corrected chi connectivity index (χ3v) is 2.61. The van der Waals surface area contributed by atoms with Crippen LogP contribution in [0, 0.1) is 0 Å². The Kier molecular flexibility index (Phi) is 3.48. The molecule has 4 nitrogen and oxygen atoms in total. The number of halogens is 1. The van der Waals surface area contributed by atoms with Gasteiger partial charge in [0.1, 0.15) is 0 Å². The van der Waals surface area contributed by atoms with Gasteiger partial charge in [-0.25, -0.2) is 0 Å². The highest BCUT2D eigenvalue weighted by Crippen LogP contribution is 2.23. The molecule has 92 valence electrons. The maximum atomic E-state index is 5.89. The first-order chi connectivity index (χ1) is 8.58. The van der Waals surface area contributed by atoms with Crippen LogP contribution in [0.1, 0.15) is 18.2 Å². The van der Waals surface area contributed by atoms with Gasteiger partial charge in [-0.3, -0.25) is 10.1 Å². The number of H-pyrrole nitrogens is 1. The molecule has 0 aliphatic heterocycles. The number of aromatic amines is 1. The zero-order valence-electron chi connectivity index (χ0n) is 10.00. The van der Waals surface area contributed by atoms with Crippen LogP contribution in [-0.4, -0.2) is 15.2 Å². The maximum absolute atomic E-state index is 5.89. The predicted octanol–water partition coefficient (Wildman–Crippen LogP) is 3.57. The number of aromatic nitrogens is 3. The van der Waals surface area contributed by atoms with Crippen molar-refractivity contribution >= 4 is 28.6 Å². The van der Waals surface area contributed by atoms with Crippen molar-refractivity contribution in [1.29, 1.82) is 0 Å². The minimum absolute atomic E-state index is 0.572. The van der Waals surface area contributed by atoms with Crippen molar-refractivity contribution in [3.63, 3.8) is 0 Å². The molecule has 0 atom stereocenters. The van der Waals surface area contributed by atoms with Crippen LogP contribution in [0.5, 0.6) is 0 Å². The molecule has 0 saturated carbocycles. The maximum Gasteiger partial charge on any atom is 0.0845 e. The van der Waals surface area contributed by atoms with E-state index in [4.69, 9.17) is 11.6 Å². The highest BCUT2D eigenvalue weighted by molar-refractivity contribution is 6.30. The monoisotopic (exact) mass is 260 g/mol. The summed E-state index contributed by atoms with van der Waals surface area (Å²) in [5.41, 5.74) is 4.11. The fraction of sp³-hybridized carbons (Fsp3) is 0.0769. The summed E-state index contributed by atoms with van der Waals surface area (Å²) in [6, 6.07) is 1.80. The summed E-state index contributed by atoms with van der Waals surface area (Å²) in [4.78, 5) is 4.02.